The average molecular weight is 421 g/mol. The lowest BCUT2D eigenvalue weighted by Gasteiger charge is -2.33. The Bertz CT molecular complexity index is 1230. The van der Waals surface area contributed by atoms with Crippen molar-refractivity contribution in [2.24, 2.45) is 0 Å². The van der Waals surface area contributed by atoms with Gasteiger partial charge in [0.1, 0.15) is 11.6 Å². The predicted molar refractivity (Wildman–Crippen MR) is 102 cm³/mol. The van der Waals surface area contributed by atoms with Crippen LogP contribution in [0.15, 0.2) is 38.5 Å². The summed E-state index contributed by atoms with van der Waals surface area (Å²) in [6, 6.07) is 4.98. The predicted octanol–water partition coefficient (Wildman–Crippen LogP) is 1.10. The van der Waals surface area contributed by atoms with Crippen LogP contribution in [0.4, 0.5) is 4.39 Å². The quantitative estimate of drug-likeness (QED) is 0.622. The fourth-order valence-electron chi connectivity index (χ4n) is 3.52. The zero-order valence-corrected chi connectivity index (χ0v) is 16.8. The van der Waals surface area contributed by atoms with Crippen LogP contribution in [0.3, 0.4) is 0 Å². The van der Waals surface area contributed by atoms with Crippen LogP contribution in [0.5, 0.6) is 0 Å². The van der Waals surface area contributed by atoms with Crippen molar-refractivity contribution in [1.29, 1.82) is 0 Å². The second-order valence-electron chi connectivity index (χ2n) is 6.97. The molecule has 29 heavy (non-hydrogen) atoms. The SMILES string of the molecule is Cc1nn(CN2CCN(S(=O)(=O)c3cccc(F)c3)CC2)c(=O)c2noc(C)c12. The summed E-state index contributed by atoms with van der Waals surface area (Å²) in [4.78, 5) is 14.5. The van der Waals surface area contributed by atoms with E-state index in [0.717, 1.165) is 6.07 Å². The summed E-state index contributed by atoms with van der Waals surface area (Å²) in [5.74, 6) is -0.0468. The van der Waals surface area contributed by atoms with E-state index in [-0.39, 0.29) is 35.7 Å². The molecule has 1 saturated heterocycles. The molecule has 9 nitrogen and oxygen atoms in total. The molecule has 1 aliphatic heterocycles. The lowest BCUT2D eigenvalue weighted by molar-refractivity contribution is 0.143. The number of fused-ring (bicyclic) bond motifs is 1. The molecule has 3 aromatic rings. The van der Waals surface area contributed by atoms with Crippen molar-refractivity contribution < 1.29 is 17.3 Å². The Kier molecular flexibility index (Phi) is 4.97. The van der Waals surface area contributed by atoms with Crippen molar-refractivity contribution in [3.05, 3.63) is 51.9 Å². The summed E-state index contributed by atoms with van der Waals surface area (Å²) in [5.41, 5.74) is 0.533. The van der Waals surface area contributed by atoms with E-state index >= 15 is 0 Å². The van der Waals surface area contributed by atoms with Gasteiger partial charge >= 0.3 is 0 Å². The molecule has 1 fully saturated rings. The molecule has 0 N–H and O–H groups in total. The number of piperazine rings is 1. The Morgan fingerprint density at radius 2 is 1.90 bits per heavy atom. The zero-order valence-electron chi connectivity index (χ0n) is 16.0. The van der Waals surface area contributed by atoms with E-state index in [1.807, 2.05) is 4.90 Å². The first-order valence-electron chi connectivity index (χ1n) is 9.09. The molecule has 3 heterocycles. The molecular weight excluding hydrogens is 401 g/mol. The van der Waals surface area contributed by atoms with Gasteiger partial charge in [0.2, 0.25) is 10.0 Å². The van der Waals surface area contributed by atoms with Crippen molar-refractivity contribution in [3.8, 4) is 0 Å². The summed E-state index contributed by atoms with van der Waals surface area (Å²) in [5, 5.41) is 8.80. The molecule has 4 rings (SSSR count). The van der Waals surface area contributed by atoms with E-state index in [0.29, 0.717) is 29.9 Å². The minimum Gasteiger partial charge on any atom is -0.360 e. The molecule has 154 valence electrons. The molecule has 0 radical (unpaired) electrons. The maximum atomic E-state index is 13.4. The molecule has 2 aromatic heterocycles. The van der Waals surface area contributed by atoms with Gasteiger partial charge < -0.3 is 4.52 Å². The van der Waals surface area contributed by atoms with Crippen LogP contribution >= 0.6 is 0 Å². The third-order valence-electron chi connectivity index (χ3n) is 5.03. The summed E-state index contributed by atoms with van der Waals surface area (Å²) in [6.45, 7) is 5.03. The van der Waals surface area contributed by atoms with Gasteiger partial charge in [0.15, 0.2) is 5.52 Å². The Morgan fingerprint density at radius 1 is 1.17 bits per heavy atom. The van der Waals surface area contributed by atoms with Crippen LogP contribution in [0.1, 0.15) is 11.5 Å². The van der Waals surface area contributed by atoms with Gasteiger partial charge in [0, 0.05) is 26.2 Å². The number of nitrogens with zero attached hydrogens (tertiary/aromatic N) is 5. The lowest BCUT2D eigenvalue weighted by atomic mass is 10.2. The Morgan fingerprint density at radius 3 is 2.59 bits per heavy atom. The number of sulfonamides is 1. The van der Waals surface area contributed by atoms with Gasteiger partial charge in [-0.1, -0.05) is 11.2 Å². The van der Waals surface area contributed by atoms with Crippen LogP contribution in [0.25, 0.3) is 10.9 Å². The maximum Gasteiger partial charge on any atom is 0.298 e. The van der Waals surface area contributed by atoms with E-state index in [4.69, 9.17) is 4.52 Å². The van der Waals surface area contributed by atoms with E-state index in [9.17, 15) is 17.6 Å². The Balaban J connectivity index is 1.49. The zero-order chi connectivity index (χ0) is 20.8. The Hall–Kier alpha value is -2.63. The van der Waals surface area contributed by atoms with Gasteiger partial charge in [-0.3, -0.25) is 9.69 Å². The number of rotatable bonds is 4. The molecule has 0 unspecified atom stereocenters. The number of benzene rings is 1. The second-order valence-corrected chi connectivity index (χ2v) is 8.91. The molecule has 0 spiro atoms. The van der Waals surface area contributed by atoms with Crippen molar-refractivity contribution in [2.45, 2.75) is 25.4 Å². The molecular formula is C18H20FN5O4S. The van der Waals surface area contributed by atoms with Crippen LogP contribution in [0, 0.1) is 19.7 Å². The minimum absolute atomic E-state index is 0.0636. The lowest BCUT2D eigenvalue weighted by Crippen LogP contribution is -2.49. The van der Waals surface area contributed by atoms with E-state index in [1.165, 1.54) is 27.2 Å². The van der Waals surface area contributed by atoms with Gasteiger partial charge in [0.05, 0.1) is 22.6 Å². The largest absolute Gasteiger partial charge is 0.360 e. The van der Waals surface area contributed by atoms with E-state index in [2.05, 4.69) is 10.3 Å². The van der Waals surface area contributed by atoms with E-state index < -0.39 is 15.8 Å². The van der Waals surface area contributed by atoms with Crippen LogP contribution in [0.2, 0.25) is 0 Å². The third kappa shape index (κ3) is 3.56. The molecule has 1 aromatic carbocycles. The highest BCUT2D eigenvalue weighted by Gasteiger charge is 2.29. The topological polar surface area (TPSA) is 102 Å². The molecule has 0 amide bonds. The third-order valence-corrected chi connectivity index (χ3v) is 6.93. The van der Waals surface area contributed by atoms with Gasteiger partial charge in [-0.25, -0.2) is 17.5 Å². The highest BCUT2D eigenvalue weighted by atomic mass is 32.2. The number of aromatic nitrogens is 3. The van der Waals surface area contributed by atoms with Crippen molar-refractivity contribution in [2.75, 3.05) is 26.2 Å². The maximum absolute atomic E-state index is 13.4. The van der Waals surface area contributed by atoms with Gasteiger partial charge in [-0.05, 0) is 32.0 Å². The van der Waals surface area contributed by atoms with Gasteiger partial charge in [-0.2, -0.15) is 9.40 Å². The first kappa shape index (κ1) is 19.7. The van der Waals surface area contributed by atoms with Crippen LogP contribution in [-0.2, 0) is 16.7 Å². The molecule has 1 aliphatic rings. The van der Waals surface area contributed by atoms with Gasteiger partial charge in [0.25, 0.3) is 5.56 Å². The van der Waals surface area contributed by atoms with E-state index in [1.54, 1.807) is 13.8 Å². The van der Waals surface area contributed by atoms with Crippen molar-refractivity contribution in [1.82, 2.24) is 24.1 Å². The van der Waals surface area contributed by atoms with Crippen molar-refractivity contribution in [3.63, 3.8) is 0 Å². The highest BCUT2D eigenvalue weighted by Crippen LogP contribution is 2.19. The first-order valence-corrected chi connectivity index (χ1v) is 10.5. The summed E-state index contributed by atoms with van der Waals surface area (Å²) in [7, 11) is -3.76. The minimum atomic E-state index is -3.76. The molecule has 11 heteroatoms. The molecule has 0 bridgehead atoms. The number of halogens is 1. The van der Waals surface area contributed by atoms with Crippen LogP contribution in [-0.4, -0.2) is 58.7 Å². The normalized spacial score (nSPS) is 16.5. The first-order chi connectivity index (χ1) is 13.8. The average Bonchev–Trinajstić information content (AvgIpc) is 3.09. The Labute approximate surface area is 166 Å². The number of hydrogen-bond donors (Lipinski definition) is 0. The number of hydrogen-bond acceptors (Lipinski definition) is 7. The number of aryl methyl sites for hydroxylation is 2. The highest BCUT2D eigenvalue weighted by molar-refractivity contribution is 7.89. The molecule has 0 saturated carbocycles. The molecule has 0 aliphatic carbocycles. The van der Waals surface area contributed by atoms with Crippen molar-refractivity contribution >= 4 is 20.9 Å². The van der Waals surface area contributed by atoms with Gasteiger partial charge in [-0.15, -0.1) is 0 Å². The fourth-order valence-corrected chi connectivity index (χ4v) is 4.97. The van der Waals surface area contributed by atoms with Crippen LogP contribution < -0.4 is 5.56 Å². The molecule has 0 atom stereocenters. The summed E-state index contributed by atoms with van der Waals surface area (Å²) in [6.07, 6.45) is 0. The standard InChI is InChI=1S/C18H20FN5O4S/c1-12-16-13(2)28-21-17(16)18(25)24(20-12)11-22-6-8-23(9-7-22)29(26,27)15-5-3-4-14(19)10-15/h3-5,10H,6-9,11H2,1-2H3. The monoisotopic (exact) mass is 421 g/mol. The fraction of sp³-hybridized carbons (Fsp3) is 0.389. The smallest absolute Gasteiger partial charge is 0.298 e. The second kappa shape index (κ2) is 7.32. The summed E-state index contributed by atoms with van der Waals surface area (Å²) >= 11 is 0. The summed E-state index contributed by atoms with van der Waals surface area (Å²) < 4.78 is 46.6.